The molecule has 0 amide bonds. The molecule has 1 aromatic heterocycles. The first-order valence-corrected chi connectivity index (χ1v) is 8.32. The van der Waals surface area contributed by atoms with Gasteiger partial charge < -0.3 is 16.5 Å². The number of nitrogen functional groups attached to an aromatic ring is 1. The maximum atomic E-state index is 6.11. The van der Waals surface area contributed by atoms with Gasteiger partial charge in [-0.1, -0.05) is 43.7 Å². The zero-order valence-electron chi connectivity index (χ0n) is 15.6. The summed E-state index contributed by atoms with van der Waals surface area (Å²) in [6.07, 6.45) is 7.49. The van der Waals surface area contributed by atoms with E-state index >= 15 is 0 Å². The molecule has 2 aromatic rings. The molecule has 6 nitrogen and oxygen atoms in total. The van der Waals surface area contributed by atoms with E-state index in [9.17, 15) is 0 Å². The van der Waals surface area contributed by atoms with Crippen LogP contribution < -0.4 is 16.9 Å². The maximum absolute atomic E-state index is 6.11. The van der Waals surface area contributed by atoms with Gasteiger partial charge in [-0.25, -0.2) is 5.43 Å². The zero-order valence-corrected chi connectivity index (χ0v) is 15.6. The Labute approximate surface area is 149 Å². The molecule has 0 saturated heterocycles. The van der Waals surface area contributed by atoms with Gasteiger partial charge in [-0.15, -0.1) is 0 Å². The Bertz CT molecular complexity index is 809. The number of benzene rings is 1. The van der Waals surface area contributed by atoms with Crippen molar-refractivity contribution in [3.05, 3.63) is 47.6 Å². The number of aromatic nitrogens is 1. The van der Waals surface area contributed by atoms with Crippen molar-refractivity contribution in [2.24, 2.45) is 15.8 Å². The van der Waals surface area contributed by atoms with E-state index in [4.69, 9.17) is 11.5 Å². The highest BCUT2D eigenvalue weighted by Crippen LogP contribution is 2.31. The number of fused-ring (bicyclic) bond motifs is 1. The molecule has 0 unspecified atom stereocenters. The molecule has 134 valence electrons. The summed E-state index contributed by atoms with van der Waals surface area (Å²) < 4.78 is 0. The summed E-state index contributed by atoms with van der Waals surface area (Å²) in [5.41, 5.74) is 18.2. The molecular formula is C19H28N6. The van der Waals surface area contributed by atoms with E-state index in [-0.39, 0.29) is 5.96 Å². The van der Waals surface area contributed by atoms with Crippen LogP contribution in [0.2, 0.25) is 0 Å². The second kappa shape index (κ2) is 9.97. The topological polar surface area (TPSA) is 105 Å². The average Bonchev–Trinajstić information content (AvgIpc) is 2.90. The van der Waals surface area contributed by atoms with Gasteiger partial charge in [0.05, 0.1) is 11.9 Å². The van der Waals surface area contributed by atoms with E-state index in [0.29, 0.717) is 11.5 Å². The van der Waals surface area contributed by atoms with Gasteiger partial charge in [0.15, 0.2) is 5.82 Å². The summed E-state index contributed by atoms with van der Waals surface area (Å²) in [6, 6.07) is 5.99. The normalized spacial score (nSPS) is 12.7. The molecular weight excluding hydrogens is 312 g/mol. The molecule has 0 fully saturated rings. The zero-order chi connectivity index (χ0) is 18.8. The molecule has 6 heteroatoms. The van der Waals surface area contributed by atoms with Gasteiger partial charge in [-0.05, 0) is 38.5 Å². The number of rotatable bonds is 4. The first kappa shape index (κ1) is 20.0. The van der Waals surface area contributed by atoms with Crippen LogP contribution in [-0.2, 0) is 0 Å². The van der Waals surface area contributed by atoms with Crippen LogP contribution in [0, 0.1) is 6.92 Å². The molecule has 0 aliphatic carbocycles. The number of nitrogens with two attached hydrogens (primary N) is 2. The highest BCUT2D eigenvalue weighted by atomic mass is 15.4. The first-order valence-electron chi connectivity index (χ1n) is 8.32. The van der Waals surface area contributed by atoms with Crippen molar-refractivity contribution < 1.29 is 0 Å². The maximum Gasteiger partial charge on any atom is 0.216 e. The van der Waals surface area contributed by atoms with E-state index in [1.165, 1.54) is 0 Å². The summed E-state index contributed by atoms with van der Waals surface area (Å²) in [5.74, 6) is 0.682. The Balaban J connectivity index is 0.00000151. The molecule has 0 atom stereocenters. The highest BCUT2D eigenvalue weighted by molar-refractivity contribution is 5.99. The van der Waals surface area contributed by atoms with E-state index < -0.39 is 0 Å². The predicted molar refractivity (Wildman–Crippen MR) is 110 cm³/mol. The highest BCUT2D eigenvalue weighted by Gasteiger charge is 2.08. The van der Waals surface area contributed by atoms with E-state index in [1.807, 2.05) is 71.0 Å². The van der Waals surface area contributed by atoms with Crippen LogP contribution >= 0.6 is 0 Å². The smallest absolute Gasteiger partial charge is 0.216 e. The monoisotopic (exact) mass is 340 g/mol. The number of hydrazone groups is 1. The molecule has 25 heavy (non-hydrogen) atoms. The van der Waals surface area contributed by atoms with Crippen molar-refractivity contribution in [3.8, 4) is 0 Å². The van der Waals surface area contributed by atoms with E-state index in [0.717, 1.165) is 22.0 Å². The lowest BCUT2D eigenvalue weighted by Crippen LogP contribution is -2.26. The molecule has 1 heterocycles. The number of hydrogen-bond donors (Lipinski definition) is 4. The third-order valence-electron chi connectivity index (χ3n) is 3.20. The molecule has 0 spiro atoms. The minimum atomic E-state index is 0.162. The van der Waals surface area contributed by atoms with Gasteiger partial charge in [0.2, 0.25) is 5.96 Å². The lowest BCUT2D eigenvalue weighted by Gasteiger charge is -1.99. The molecule has 0 saturated carbocycles. The van der Waals surface area contributed by atoms with Gasteiger partial charge in [0, 0.05) is 10.9 Å². The molecule has 6 N–H and O–H groups in total. The minimum absolute atomic E-state index is 0.162. The van der Waals surface area contributed by atoms with Gasteiger partial charge >= 0.3 is 0 Å². The summed E-state index contributed by atoms with van der Waals surface area (Å²) in [6.45, 7) is 9.91. The SMILES string of the molecule is CC.C\C=C/C=C(C)/C=N/N/C(N)=N/c1[nH]c2ccc(C)cc2c1N. The number of anilines is 1. The Morgan fingerprint density at radius 2 is 2.00 bits per heavy atom. The number of aromatic amines is 1. The number of aryl methyl sites for hydroxylation is 1. The van der Waals surface area contributed by atoms with Crippen molar-refractivity contribution in [3.63, 3.8) is 0 Å². The standard InChI is InChI=1S/C17H22N6.C2H6/c1-4-5-6-12(3)10-20-23-17(19)22-16-15(18)13-9-11(2)7-8-14(13)21-16;1-2/h4-10,21H,18H2,1-3H3,(H3,19,22,23);1-2H3/b5-4-,12-6+,20-10+;. The molecule has 0 bridgehead atoms. The third-order valence-corrected chi connectivity index (χ3v) is 3.20. The largest absolute Gasteiger partial charge is 0.395 e. The first-order chi connectivity index (χ1) is 12.0. The number of guanidine groups is 1. The fourth-order valence-electron chi connectivity index (χ4n) is 2.04. The van der Waals surface area contributed by atoms with Crippen LogP contribution in [-0.4, -0.2) is 17.2 Å². The number of H-pyrrole nitrogens is 1. The van der Waals surface area contributed by atoms with Gasteiger partial charge in [-0.3, -0.25) is 0 Å². The average molecular weight is 340 g/mol. The number of aliphatic imine (C=N–C) groups is 1. The summed E-state index contributed by atoms with van der Waals surface area (Å²) in [5, 5.41) is 4.97. The van der Waals surface area contributed by atoms with Crippen molar-refractivity contribution in [1.29, 1.82) is 0 Å². The number of hydrogen-bond acceptors (Lipinski definition) is 3. The minimum Gasteiger partial charge on any atom is -0.395 e. The van der Waals surface area contributed by atoms with Crippen molar-refractivity contribution in [2.45, 2.75) is 34.6 Å². The predicted octanol–water partition coefficient (Wildman–Crippen LogP) is 4.13. The van der Waals surface area contributed by atoms with Crippen molar-refractivity contribution in [1.82, 2.24) is 10.4 Å². The molecule has 0 radical (unpaired) electrons. The second-order valence-corrected chi connectivity index (χ2v) is 5.24. The quantitative estimate of drug-likeness (QED) is 0.291. The van der Waals surface area contributed by atoms with E-state index in [2.05, 4.69) is 20.5 Å². The summed E-state index contributed by atoms with van der Waals surface area (Å²) in [4.78, 5) is 7.38. The van der Waals surface area contributed by atoms with Crippen LogP contribution in [0.1, 0.15) is 33.3 Å². The van der Waals surface area contributed by atoms with Gasteiger partial charge in [0.25, 0.3) is 0 Å². The lowest BCUT2D eigenvalue weighted by molar-refractivity contribution is 1.01. The van der Waals surface area contributed by atoms with E-state index in [1.54, 1.807) is 6.21 Å². The Morgan fingerprint density at radius 3 is 2.68 bits per heavy atom. The van der Waals surface area contributed by atoms with Crippen LogP contribution in [0.5, 0.6) is 0 Å². The number of nitrogens with zero attached hydrogens (tertiary/aromatic N) is 2. The van der Waals surface area contributed by atoms with Crippen LogP contribution in [0.15, 0.2) is 52.1 Å². The number of allylic oxidation sites excluding steroid dienone is 4. The molecule has 2 rings (SSSR count). The molecule has 0 aliphatic rings. The summed E-state index contributed by atoms with van der Waals surface area (Å²) >= 11 is 0. The summed E-state index contributed by atoms with van der Waals surface area (Å²) in [7, 11) is 0. The number of nitrogens with one attached hydrogen (secondary N) is 2. The fraction of sp³-hybridized carbons (Fsp3) is 0.263. The molecule has 1 aromatic carbocycles. The van der Waals surface area contributed by atoms with Gasteiger partial charge in [-0.2, -0.15) is 10.1 Å². The van der Waals surface area contributed by atoms with Gasteiger partial charge in [0.1, 0.15) is 0 Å². The third kappa shape index (κ3) is 5.84. The Morgan fingerprint density at radius 1 is 1.28 bits per heavy atom. The van der Waals surface area contributed by atoms with Crippen LogP contribution in [0.25, 0.3) is 10.9 Å². The van der Waals surface area contributed by atoms with Crippen molar-refractivity contribution >= 4 is 34.6 Å². The Kier molecular flexibility index (Phi) is 7.99. The molecule has 0 aliphatic heterocycles. The second-order valence-electron chi connectivity index (χ2n) is 5.24. The van der Waals surface area contributed by atoms with Crippen LogP contribution in [0.4, 0.5) is 11.5 Å². The lowest BCUT2D eigenvalue weighted by atomic mass is 10.1. The fourth-order valence-corrected chi connectivity index (χ4v) is 2.04. The Hall–Kier alpha value is -3.02. The van der Waals surface area contributed by atoms with Crippen LogP contribution in [0.3, 0.4) is 0 Å². The van der Waals surface area contributed by atoms with Crippen molar-refractivity contribution in [2.75, 3.05) is 5.73 Å².